The first-order chi connectivity index (χ1) is 16.7. The molecule has 0 bridgehead atoms. The molecule has 6 aromatic rings. The normalized spacial score (nSPS) is 12.8. The number of furan rings is 1. The van der Waals surface area contributed by atoms with E-state index in [4.69, 9.17) is 9.07 Å². The first-order valence-corrected chi connectivity index (χ1v) is 11.9. The topological polar surface area (TPSA) is 47.5 Å². The van der Waals surface area contributed by atoms with Crippen LogP contribution in [0, 0.1) is 0 Å². The van der Waals surface area contributed by atoms with Gasteiger partial charge in [0.05, 0.1) is 22.2 Å². The van der Waals surface area contributed by atoms with Crippen LogP contribution in [-0.4, -0.2) is 28.4 Å². The van der Waals surface area contributed by atoms with Gasteiger partial charge in [-0.1, -0.05) is 48.5 Å². The molecule has 2 heterocycles. The standard InChI is InChI=1S/C30H27BNO3/c1-29(2,33)30(3,4)35-31-19-13-15-23-24-16-14-20(18-28(24)34-27(23)17-19)32-25-11-7-5-9-21(25)22-10-6-8-12-26(22)32/h5-18,33H,1-4H3. The maximum atomic E-state index is 10.4. The van der Waals surface area contributed by atoms with Gasteiger partial charge in [-0.15, -0.1) is 0 Å². The molecule has 4 nitrogen and oxygen atoms in total. The molecule has 0 atom stereocenters. The summed E-state index contributed by atoms with van der Waals surface area (Å²) in [5.41, 5.74) is 4.24. The summed E-state index contributed by atoms with van der Waals surface area (Å²) in [4.78, 5) is 0. The summed E-state index contributed by atoms with van der Waals surface area (Å²) in [6.45, 7) is 7.24. The largest absolute Gasteiger partial charge is 0.456 e. The summed E-state index contributed by atoms with van der Waals surface area (Å²) in [5.74, 6) is 0. The summed E-state index contributed by atoms with van der Waals surface area (Å²) in [5, 5.41) is 15.0. The van der Waals surface area contributed by atoms with Crippen molar-refractivity contribution < 1.29 is 14.2 Å². The maximum Gasteiger partial charge on any atom is 0.331 e. The Balaban J connectivity index is 1.43. The van der Waals surface area contributed by atoms with Crippen LogP contribution in [0.25, 0.3) is 49.4 Å². The van der Waals surface area contributed by atoms with Crippen molar-refractivity contribution in [2.45, 2.75) is 38.9 Å². The van der Waals surface area contributed by atoms with Gasteiger partial charge >= 0.3 is 7.48 Å². The van der Waals surface area contributed by atoms with E-state index in [-0.39, 0.29) is 0 Å². The van der Waals surface area contributed by atoms with Crippen LogP contribution in [0.3, 0.4) is 0 Å². The summed E-state index contributed by atoms with van der Waals surface area (Å²) >= 11 is 0. The Kier molecular flexibility index (Phi) is 4.86. The maximum absolute atomic E-state index is 10.4. The molecule has 35 heavy (non-hydrogen) atoms. The zero-order chi connectivity index (χ0) is 24.4. The Morgan fingerprint density at radius 3 is 1.91 bits per heavy atom. The van der Waals surface area contributed by atoms with Crippen molar-refractivity contribution in [3.8, 4) is 5.69 Å². The molecule has 0 spiro atoms. The number of rotatable bonds is 5. The van der Waals surface area contributed by atoms with Crippen LogP contribution in [-0.2, 0) is 4.65 Å². The van der Waals surface area contributed by atoms with Gasteiger partial charge in [-0.2, -0.15) is 0 Å². The molecule has 173 valence electrons. The Morgan fingerprint density at radius 2 is 1.29 bits per heavy atom. The van der Waals surface area contributed by atoms with Crippen LogP contribution >= 0.6 is 0 Å². The van der Waals surface area contributed by atoms with Crippen molar-refractivity contribution in [3.05, 3.63) is 84.9 Å². The van der Waals surface area contributed by atoms with Gasteiger partial charge in [-0.3, -0.25) is 0 Å². The van der Waals surface area contributed by atoms with Crippen LogP contribution in [0.2, 0.25) is 0 Å². The molecule has 6 rings (SSSR count). The smallest absolute Gasteiger partial charge is 0.331 e. The number of aromatic nitrogens is 1. The number of nitrogens with zero attached hydrogens (tertiary/aromatic N) is 1. The fourth-order valence-corrected chi connectivity index (χ4v) is 4.55. The lowest BCUT2D eigenvalue weighted by atomic mass is 9.82. The number of fused-ring (bicyclic) bond motifs is 6. The lowest BCUT2D eigenvalue weighted by Gasteiger charge is -2.37. The molecular weight excluding hydrogens is 433 g/mol. The molecule has 0 saturated carbocycles. The second-order valence-corrected chi connectivity index (χ2v) is 10.2. The van der Waals surface area contributed by atoms with Crippen LogP contribution in [0.1, 0.15) is 27.7 Å². The van der Waals surface area contributed by atoms with Crippen LogP contribution in [0.5, 0.6) is 0 Å². The number of para-hydroxylation sites is 2. The van der Waals surface area contributed by atoms with Crippen molar-refractivity contribution in [2.75, 3.05) is 0 Å². The van der Waals surface area contributed by atoms with E-state index >= 15 is 0 Å². The highest BCUT2D eigenvalue weighted by Gasteiger charge is 2.35. The van der Waals surface area contributed by atoms with Crippen LogP contribution < -0.4 is 5.46 Å². The highest BCUT2D eigenvalue weighted by molar-refractivity contribution is 6.47. The van der Waals surface area contributed by atoms with E-state index < -0.39 is 11.2 Å². The van der Waals surface area contributed by atoms with E-state index in [0.717, 1.165) is 33.1 Å². The van der Waals surface area contributed by atoms with Crippen molar-refractivity contribution in [1.82, 2.24) is 4.57 Å². The van der Waals surface area contributed by atoms with Crippen molar-refractivity contribution in [3.63, 3.8) is 0 Å². The molecule has 0 saturated heterocycles. The molecule has 4 aromatic carbocycles. The molecule has 2 aromatic heterocycles. The molecule has 0 fully saturated rings. The van der Waals surface area contributed by atoms with E-state index in [1.54, 1.807) is 21.3 Å². The van der Waals surface area contributed by atoms with Gasteiger partial charge in [0, 0.05) is 33.3 Å². The van der Waals surface area contributed by atoms with Gasteiger partial charge in [0.2, 0.25) is 0 Å². The summed E-state index contributed by atoms with van der Waals surface area (Å²) in [7, 11) is 1.69. The Hall–Kier alpha value is -3.54. The number of hydrogen-bond donors (Lipinski definition) is 1. The third-order valence-corrected chi connectivity index (χ3v) is 7.28. The zero-order valence-electron chi connectivity index (χ0n) is 20.4. The van der Waals surface area contributed by atoms with Crippen LogP contribution in [0.4, 0.5) is 0 Å². The second kappa shape index (κ2) is 7.74. The summed E-state index contributed by atoms with van der Waals surface area (Å²) in [6, 6.07) is 29.5. The Bertz CT molecular complexity index is 1670. The van der Waals surface area contributed by atoms with Crippen molar-refractivity contribution >= 4 is 56.7 Å². The van der Waals surface area contributed by atoms with Gasteiger partial charge in [-0.05, 0) is 63.5 Å². The van der Waals surface area contributed by atoms with E-state index in [1.807, 2.05) is 26.0 Å². The SMILES string of the molecule is CC(C)(O)C(C)(C)O[B]c1ccc2c(c1)oc1cc(-n3c4ccccc4c4ccccc43)ccc12. The molecule has 0 aliphatic rings. The first-order valence-electron chi connectivity index (χ1n) is 11.9. The monoisotopic (exact) mass is 460 g/mol. The number of aliphatic hydroxyl groups is 1. The molecule has 0 amide bonds. The first kappa shape index (κ1) is 22.0. The number of benzene rings is 4. The Morgan fingerprint density at radius 1 is 0.714 bits per heavy atom. The van der Waals surface area contributed by atoms with E-state index in [2.05, 4.69) is 77.4 Å². The van der Waals surface area contributed by atoms with Gasteiger partial charge in [0.15, 0.2) is 0 Å². The second-order valence-electron chi connectivity index (χ2n) is 10.2. The van der Waals surface area contributed by atoms with Gasteiger partial charge in [0.25, 0.3) is 0 Å². The fourth-order valence-electron chi connectivity index (χ4n) is 4.55. The molecule has 0 aliphatic heterocycles. The van der Waals surface area contributed by atoms with E-state index in [0.29, 0.717) is 0 Å². The highest BCUT2D eigenvalue weighted by Crippen LogP contribution is 2.35. The quantitative estimate of drug-likeness (QED) is 0.299. The fraction of sp³-hybridized carbons (Fsp3) is 0.200. The highest BCUT2D eigenvalue weighted by atomic mass is 16.5. The molecule has 1 N–H and O–H groups in total. The lowest BCUT2D eigenvalue weighted by Crippen LogP contribution is -2.49. The van der Waals surface area contributed by atoms with E-state index in [1.165, 1.54) is 21.8 Å². The van der Waals surface area contributed by atoms with Gasteiger partial charge in [0.1, 0.15) is 11.2 Å². The summed E-state index contributed by atoms with van der Waals surface area (Å²) < 4.78 is 14.5. The molecule has 0 aliphatic carbocycles. The Labute approximate surface area is 205 Å². The van der Waals surface area contributed by atoms with E-state index in [9.17, 15) is 5.11 Å². The third kappa shape index (κ3) is 3.54. The molecule has 1 radical (unpaired) electrons. The minimum atomic E-state index is -0.976. The predicted octanol–water partition coefficient (Wildman–Crippen LogP) is 6.49. The average Bonchev–Trinajstić information content (AvgIpc) is 3.36. The van der Waals surface area contributed by atoms with Gasteiger partial charge in [-0.25, -0.2) is 0 Å². The minimum Gasteiger partial charge on any atom is -0.456 e. The van der Waals surface area contributed by atoms with Crippen molar-refractivity contribution in [1.29, 1.82) is 0 Å². The predicted molar refractivity (Wildman–Crippen MR) is 145 cm³/mol. The molecule has 5 heteroatoms. The summed E-state index contributed by atoms with van der Waals surface area (Å²) in [6.07, 6.45) is 0. The zero-order valence-corrected chi connectivity index (χ0v) is 20.4. The van der Waals surface area contributed by atoms with Gasteiger partial charge < -0.3 is 18.7 Å². The van der Waals surface area contributed by atoms with Crippen molar-refractivity contribution in [2.24, 2.45) is 0 Å². The molecule has 0 unspecified atom stereocenters. The van der Waals surface area contributed by atoms with Crippen LogP contribution in [0.15, 0.2) is 89.3 Å². The average molecular weight is 460 g/mol. The third-order valence-electron chi connectivity index (χ3n) is 7.28. The lowest BCUT2D eigenvalue weighted by molar-refractivity contribution is -0.0893. The minimum absolute atomic E-state index is 0.729. The number of hydrogen-bond acceptors (Lipinski definition) is 3. The molecular formula is C30H27BNO3.